The maximum atomic E-state index is 10.1. The van der Waals surface area contributed by atoms with E-state index >= 15 is 0 Å². The number of phenolic OH excluding ortho intramolecular Hbond substituents is 2. The van der Waals surface area contributed by atoms with E-state index in [1.165, 1.54) is 18.9 Å². The molecule has 1 aromatic carbocycles. The summed E-state index contributed by atoms with van der Waals surface area (Å²) in [6.45, 7) is 4.08. The second kappa shape index (κ2) is 5.39. The fourth-order valence-corrected chi connectivity index (χ4v) is 2.95. The summed E-state index contributed by atoms with van der Waals surface area (Å²) in [5, 5.41) is 22.9. The Bertz CT molecular complexity index is 440. The number of benzene rings is 1. The summed E-state index contributed by atoms with van der Waals surface area (Å²) in [6, 6.07) is 5.30. The van der Waals surface area contributed by atoms with Crippen molar-refractivity contribution in [2.24, 2.45) is 5.92 Å². The Morgan fingerprint density at radius 3 is 2.58 bits per heavy atom. The molecule has 1 aliphatic carbocycles. The van der Waals surface area contributed by atoms with Crippen molar-refractivity contribution < 1.29 is 10.2 Å². The van der Waals surface area contributed by atoms with Gasteiger partial charge in [-0.1, -0.05) is 18.9 Å². The molecular formula is C15H22N2O2. The van der Waals surface area contributed by atoms with Gasteiger partial charge in [-0.2, -0.15) is 0 Å². The summed E-state index contributed by atoms with van der Waals surface area (Å²) in [6.07, 6.45) is 3.77. The van der Waals surface area contributed by atoms with E-state index in [2.05, 4.69) is 10.2 Å². The molecule has 2 aliphatic rings. The van der Waals surface area contributed by atoms with Crippen molar-refractivity contribution in [1.29, 1.82) is 0 Å². The van der Waals surface area contributed by atoms with Crippen molar-refractivity contribution >= 4 is 0 Å². The van der Waals surface area contributed by atoms with Crippen LogP contribution in [0.4, 0.5) is 0 Å². The van der Waals surface area contributed by atoms with Crippen LogP contribution in [0.25, 0.3) is 0 Å². The molecule has 0 spiro atoms. The predicted octanol–water partition coefficient (Wildman–Crippen LogP) is 1.84. The van der Waals surface area contributed by atoms with E-state index in [0.717, 1.165) is 44.1 Å². The van der Waals surface area contributed by atoms with Crippen LogP contribution in [-0.4, -0.2) is 41.3 Å². The molecule has 1 saturated heterocycles. The number of hydrogen-bond donors (Lipinski definition) is 3. The number of rotatable bonds is 4. The van der Waals surface area contributed by atoms with Gasteiger partial charge >= 0.3 is 0 Å². The van der Waals surface area contributed by atoms with E-state index in [-0.39, 0.29) is 17.5 Å². The van der Waals surface area contributed by atoms with Crippen molar-refractivity contribution in [1.82, 2.24) is 10.2 Å². The Balaban J connectivity index is 1.83. The molecule has 1 atom stereocenters. The van der Waals surface area contributed by atoms with Gasteiger partial charge in [0.2, 0.25) is 0 Å². The lowest BCUT2D eigenvalue weighted by molar-refractivity contribution is 0.158. The summed E-state index contributed by atoms with van der Waals surface area (Å²) < 4.78 is 0. The first-order valence-electron chi connectivity index (χ1n) is 7.20. The summed E-state index contributed by atoms with van der Waals surface area (Å²) >= 11 is 0. The van der Waals surface area contributed by atoms with Gasteiger partial charge in [0, 0.05) is 43.9 Å². The first kappa shape index (κ1) is 12.8. The number of phenols is 2. The van der Waals surface area contributed by atoms with Gasteiger partial charge in [-0.15, -0.1) is 0 Å². The molecule has 4 nitrogen and oxygen atoms in total. The Morgan fingerprint density at radius 2 is 1.95 bits per heavy atom. The van der Waals surface area contributed by atoms with Crippen LogP contribution < -0.4 is 5.32 Å². The largest absolute Gasteiger partial charge is 0.508 e. The number of nitrogens with one attached hydrogen (secondary N) is 1. The Morgan fingerprint density at radius 1 is 1.21 bits per heavy atom. The van der Waals surface area contributed by atoms with Crippen molar-refractivity contribution in [2.45, 2.75) is 25.3 Å². The van der Waals surface area contributed by atoms with E-state index in [4.69, 9.17) is 0 Å². The summed E-state index contributed by atoms with van der Waals surface area (Å²) in [5.74, 6) is 1.17. The van der Waals surface area contributed by atoms with Crippen LogP contribution in [0.3, 0.4) is 0 Å². The zero-order chi connectivity index (χ0) is 13.2. The standard InChI is InChI=1S/C15H22N2O2/c18-12-3-4-13(15(19)10-12)14(9-11-1-2-11)17-7-5-16-6-8-17/h3-4,10-11,14,16,18-19H,1-2,5-9H2/t14-/m1/s1. The van der Waals surface area contributed by atoms with Crippen LogP contribution in [0.5, 0.6) is 11.5 Å². The third kappa shape index (κ3) is 3.01. The lowest BCUT2D eigenvalue weighted by Gasteiger charge is -2.35. The van der Waals surface area contributed by atoms with E-state index in [0.29, 0.717) is 0 Å². The highest BCUT2D eigenvalue weighted by Crippen LogP contribution is 2.42. The van der Waals surface area contributed by atoms with E-state index < -0.39 is 0 Å². The quantitative estimate of drug-likeness (QED) is 0.775. The lowest BCUT2D eigenvalue weighted by Crippen LogP contribution is -2.45. The molecule has 104 valence electrons. The molecule has 2 fully saturated rings. The molecule has 0 bridgehead atoms. The minimum absolute atomic E-state index is 0.131. The van der Waals surface area contributed by atoms with Gasteiger partial charge in [-0.25, -0.2) is 0 Å². The molecule has 4 heteroatoms. The zero-order valence-electron chi connectivity index (χ0n) is 11.2. The molecular weight excluding hydrogens is 240 g/mol. The molecule has 1 saturated carbocycles. The summed E-state index contributed by atoms with van der Waals surface area (Å²) in [5.41, 5.74) is 0.964. The maximum absolute atomic E-state index is 10.1. The SMILES string of the molecule is Oc1ccc([C@@H](CC2CC2)N2CCNCC2)c(O)c1. The maximum Gasteiger partial charge on any atom is 0.124 e. The van der Waals surface area contributed by atoms with Crippen molar-refractivity contribution in [2.75, 3.05) is 26.2 Å². The highest BCUT2D eigenvalue weighted by atomic mass is 16.3. The van der Waals surface area contributed by atoms with Gasteiger partial charge < -0.3 is 15.5 Å². The first-order chi connectivity index (χ1) is 9.24. The monoisotopic (exact) mass is 262 g/mol. The zero-order valence-corrected chi connectivity index (χ0v) is 11.2. The van der Waals surface area contributed by atoms with E-state index in [9.17, 15) is 10.2 Å². The first-order valence-corrected chi connectivity index (χ1v) is 7.20. The molecule has 19 heavy (non-hydrogen) atoms. The Kier molecular flexibility index (Phi) is 3.62. The second-order valence-electron chi connectivity index (χ2n) is 5.72. The fraction of sp³-hybridized carbons (Fsp3) is 0.600. The molecule has 1 aliphatic heterocycles. The Labute approximate surface area is 114 Å². The fourth-order valence-electron chi connectivity index (χ4n) is 2.95. The molecule has 1 aromatic rings. The van der Waals surface area contributed by atoms with Crippen molar-refractivity contribution in [3.8, 4) is 11.5 Å². The molecule has 0 radical (unpaired) electrons. The molecule has 0 aromatic heterocycles. The third-order valence-electron chi connectivity index (χ3n) is 4.22. The molecule has 3 rings (SSSR count). The lowest BCUT2D eigenvalue weighted by atomic mass is 9.97. The van der Waals surface area contributed by atoms with Crippen LogP contribution in [0.2, 0.25) is 0 Å². The average molecular weight is 262 g/mol. The number of aromatic hydroxyl groups is 2. The summed E-state index contributed by atoms with van der Waals surface area (Å²) in [7, 11) is 0. The predicted molar refractivity (Wildman–Crippen MR) is 74.3 cm³/mol. The highest BCUT2D eigenvalue weighted by Gasteiger charge is 2.31. The minimum Gasteiger partial charge on any atom is -0.508 e. The van der Waals surface area contributed by atoms with Gasteiger partial charge in [0.15, 0.2) is 0 Å². The normalized spacial score (nSPS) is 22.3. The molecule has 3 N–H and O–H groups in total. The van der Waals surface area contributed by atoms with Crippen LogP contribution in [-0.2, 0) is 0 Å². The smallest absolute Gasteiger partial charge is 0.124 e. The summed E-state index contributed by atoms with van der Waals surface area (Å²) in [4.78, 5) is 2.46. The van der Waals surface area contributed by atoms with Crippen LogP contribution in [0, 0.1) is 5.92 Å². The van der Waals surface area contributed by atoms with Gasteiger partial charge in [0.25, 0.3) is 0 Å². The second-order valence-corrected chi connectivity index (χ2v) is 5.72. The number of piperazine rings is 1. The van der Waals surface area contributed by atoms with Gasteiger partial charge in [0.05, 0.1) is 0 Å². The van der Waals surface area contributed by atoms with Crippen molar-refractivity contribution in [3.63, 3.8) is 0 Å². The van der Waals surface area contributed by atoms with Gasteiger partial charge in [0.1, 0.15) is 11.5 Å². The van der Waals surface area contributed by atoms with Crippen LogP contribution in [0.15, 0.2) is 18.2 Å². The molecule has 1 heterocycles. The van der Waals surface area contributed by atoms with Crippen LogP contribution in [0.1, 0.15) is 30.9 Å². The highest BCUT2D eigenvalue weighted by molar-refractivity contribution is 5.41. The van der Waals surface area contributed by atoms with Gasteiger partial charge in [-0.3, -0.25) is 4.90 Å². The van der Waals surface area contributed by atoms with E-state index in [1.54, 1.807) is 6.07 Å². The Hall–Kier alpha value is -1.26. The minimum atomic E-state index is 0.131. The van der Waals surface area contributed by atoms with Crippen LogP contribution >= 0.6 is 0 Å². The molecule has 0 amide bonds. The molecule has 0 unspecified atom stereocenters. The number of hydrogen-bond acceptors (Lipinski definition) is 4. The topological polar surface area (TPSA) is 55.7 Å². The average Bonchev–Trinajstić information content (AvgIpc) is 3.22. The third-order valence-corrected chi connectivity index (χ3v) is 4.22. The number of nitrogens with zero attached hydrogens (tertiary/aromatic N) is 1. The van der Waals surface area contributed by atoms with Crippen molar-refractivity contribution in [3.05, 3.63) is 23.8 Å². The van der Waals surface area contributed by atoms with Gasteiger partial charge in [-0.05, 0) is 18.4 Å². The van der Waals surface area contributed by atoms with E-state index in [1.807, 2.05) is 6.07 Å².